The lowest BCUT2D eigenvalue weighted by atomic mass is 10.0. The zero-order valence-corrected chi connectivity index (χ0v) is 16.6. The summed E-state index contributed by atoms with van der Waals surface area (Å²) < 4.78 is 41.5. The third kappa shape index (κ3) is 3.81. The number of pyridine rings is 1. The van der Waals surface area contributed by atoms with Crippen LogP contribution in [0, 0.1) is 0 Å². The Kier molecular flexibility index (Phi) is 5.08. The Labute approximate surface area is 170 Å². The van der Waals surface area contributed by atoms with E-state index in [1.165, 1.54) is 7.05 Å². The van der Waals surface area contributed by atoms with E-state index in [0.29, 0.717) is 6.42 Å². The molecule has 158 valence electrons. The molecule has 30 heavy (non-hydrogen) atoms. The minimum absolute atomic E-state index is 0.138. The van der Waals surface area contributed by atoms with E-state index in [1.54, 1.807) is 6.20 Å². The first-order valence-corrected chi connectivity index (χ1v) is 9.71. The summed E-state index contributed by atoms with van der Waals surface area (Å²) in [6, 6.07) is 6.21. The number of nitrogens with zero attached hydrogens (tertiary/aromatic N) is 5. The molecule has 1 aliphatic rings. The molecule has 0 saturated carbocycles. The molecule has 0 bridgehead atoms. The molecule has 7 nitrogen and oxygen atoms in total. The summed E-state index contributed by atoms with van der Waals surface area (Å²) in [5.74, 6) is -0.598. The summed E-state index contributed by atoms with van der Waals surface area (Å²) >= 11 is 0. The Morgan fingerprint density at radius 3 is 2.77 bits per heavy atom. The highest BCUT2D eigenvalue weighted by molar-refractivity contribution is 5.93. The van der Waals surface area contributed by atoms with Crippen LogP contribution < -0.4 is 5.32 Å². The first-order chi connectivity index (χ1) is 14.3. The molecule has 0 aromatic carbocycles. The topological polar surface area (TPSA) is 77.6 Å². The van der Waals surface area contributed by atoms with Gasteiger partial charge in [-0.05, 0) is 37.5 Å². The number of hydrogen-bond donors (Lipinski definition) is 1. The molecule has 4 rings (SSSR count). The summed E-state index contributed by atoms with van der Waals surface area (Å²) in [4.78, 5) is 17.0. The number of amides is 1. The maximum absolute atomic E-state index is 12.9. The van der Waals surface area contributed by atoms with Gasteiger partial charge in [0.25, 0.3) is 5.91 Å². The number of alkyl halides is 3. The summed E-state index contributed by atoms with van der Waals surface area (Å²) in [6.07, 6.45) is -0.570. The van der Waals surface area contributed by atoms with E-state index in [1.807, 2.05) is 29.8 Å². The molecule has 1 amide bonds. The predicted molar refractivity (Wildman–Crippen MR) is 102 cm³/mol. The molecule has 3 aromatic rings. The average Bonchev–Trinajstić information content (AvgIpc) is 3.32. The minimum atomic E-state index is -4.60. The molecule has 0 fully saturated rings. The number of fused-ring (bicyclic) bond motifs is 1. The molecule has 4 heterocycles. The van der Waals surface area contributed by atoms with Crippen molar-refractivity contribution < 1.29 is 18.0 Å². The summed E-state index contributed by atoms with van der Waals surface area (Å²) in [7, 11) is 1.32. The smallest absolute Gasteiger partial charge is 0.342 e. The zero-order chi connectivity index (χ0) is 21.5. The predicted octanol–water partition coefficient (Wildman–Crippen LogP) is 3.52. The molecule has 0 radical (unpaired) electrons. The first kappa shape index (κ1) is 20.1. The van der Waals surface area contributed by atoms with Crippen molar-refractivity contribution in [1.82, 2.24) is 29.9 Å². The van der Waals surface area contributed by atoms with Crippen LogP contribution in [0.3, 0.4) is 0 Å². The lowest BCUT2D eigenvalue weighted by Crippen LogP contribution is -2.33. The van der Waals surface area contributed by atoms with Gasteiger partial charge in [0.05, 0.1) is 17.4 Å². The normalized spacial score (nSPS) is 16.4. The second-order valence-corrected chi connectivity index (χ2v) is 7.27. The number of carbonyl (C=O) groups is 1. The second-order valence-electron chi connectivity index (χ2n) is 7.27. The third-order valence-electron chi connectivity index (χ3n) is 5.21. The first-order valence-electron chi connectivity index (χ1n) is 9.71. The molecule has 0 aliphatic carbocycles. The van der Waals surface area contributed by atoms with Crippen LogP contribution in [0.1, 0.15) is 53.4 Å². The lowest BCUT2D eigenvalue weighted by molar-refractivity contribution is -0.141. The van der Waals surface area contributed by atoms with E-state index in [9.17, 15) is 18.0 Å². The van der Waals surface area contributed by atoms with Crippen molar-refractivity contribution in [3.63, 3.8) is 0 Å². The maximum atomic E-state index is 12.9. The molecule has 1 N–H and O–H groups in total. The van der Waals surface area contributed by atoms with Gasteiger partial charge in [0.1, 0.15) is 5.69 Å². The van der Waals surface area contributed by atoms with Crippen molar-refractivity contribution in [2.24, 2.45) is 7.05 Å². The fourth-order valence-electron chi connectivity index (χ4n) is 3.65. The molecule has 3 aromatic heterocycles. The van der Waals surface area contributed by atoms with Crippen LogP contribution in [-0.2, 0) is 26.2 Å². The Morgan fingerprint density at radius 2 is 2.07 bits per heavy atom. The van der Waals surface area contributed by atoms with Gasteiger partial charge in [0.2, 0.25) is 0 Å². The van der Waals surface area contributed by atoms with Gasteiger partial charge in [-0.15, -0.1) is 0 Å². The summed E-state index contributed by atoms with van der Waals surface area (Å²) in [6.45, 7) is 2.75. The molecule has 1 aliphatic heterocycles. The fraction of sp³-hybridized carbons (Fsp3) is 0.400. The Morgan fingerprint density at radius 1 is 1.27 bits per heavy atom. The van der Waals surface area contributed by atoms with Crippen LogP contribution in [0.2, 0.25) is 0 Å². The highest BCUT2D eigenvalue weighted by Crippen LogP contribution is 2.31. The quantitative estimate of drug-likeness (QED) is 0.703. The zero-order valence-electron chi connectivity index (χ0n) is 16.6. The number of halogens is 3. The van der Waals surface area contributed by atoms with Crippen LogP contribution in [-0.4, -0.2) is 30.5 Å². The van der Waals surface area contributed by atoms with Crippen molar-refractivity contribution >= 4 is 5.91 Å². The molecule has 0 unspecified atom stereocenters. The van der Waals surface area contributed by atoms with Crippen LogP contribution in [0.5, 0.6) is 0 Å². The van der Waals surface area contributed by atoms with Crippen molar-refractivity contribution in [3.8, 4) is 11.3 Å². The van der Waals surface area contributed by atoms with Gasteiger partial charge in [-0.3, -0.25) is 19.1 Å². The van der Waals surface area contributed by atoms with Crippen LogP contribution in [0.25, 0.3) is 11.3 Å². The van der Waals surface area contributed by atoms with E-state index in [-0.39, 0.29) is 11.7 Å². The molecule has 0 saturated heterocycles. The van der Waals surface area contributed by atoms with Gasteiger partial charge in [0.15, 0.2) is 5.69 Å². The molecule has 10 heteroatoms. The SMILES string of the molecule is CCc1cc(-c2cc3n(n2)CCC[C@H]3NC(=O)c2cc(C(F)(F)F)nn2C)ccn1. The van der Waals surface area contributed by atoms with Crippen LogP contribution in [0.4, 0.5) is 13.2 Å². The van der Waals surface area contributed by atoms with Gasteiger partial charge in [-0.25, -0.2) is 0 Å². The van der Waals surface area contributed by atoms with Crippen molar-refractivity contribution in [1.29, 1.82) is 0 Å². The number of aryl methyl sites for hydroxylation is 3. The molecule has 0 spiro atoms. The van der Waals surface area contributed by atoms with Crippen LogP contribution in [0.15, 0.2) is 30.5 Å². The number of nitrogens with one attached hydrogen (secondary N) is 1. The lowest BCUT2D eigenvalue weighted by Gasteiger charge is -2.24. The molecule has 1 atom stereocenters. The number of carbonyl (C=O) groups excluding carboxylic acids is 1. The number of aromatic nitrogens is 5. The van der Waals surface area contributed by atoms with E-state index in [4.69, 9.17) is 0 Å². The van der Waals surface area contributed by atoms with Gasteiger partial charge in [-0.2, -0.15) is 23.4 Å². The van der Waals surface area contributed by atoms with Crippen molar-refractivity contribution in [2.45, 2.75) is 44.9 Å². The van der Waals surface area contributed by atoms with Crippen LogP contribution >= 0.6 is 0 Å². The largest absolute Gasteiger partial charge is 0.435 e. The molecular formula is C20H21F3N6O. The second kappa shape index (κ2) is 7.58. The number of rotatable bonds is 4. The Hall–Kier alpha value is -3.17. The maximum Gasteiger partial charge on any atom is 0.435 e. The summed E-state index contributed by atoms with van der Waals surface area (Å²) in [5.41, 5.74) is 2.28. The van der Waals surface area contributed by atoms with Crippen molar-refractivity contribution in [2.75, 3.05) is 0 Å². The van der Waals surface area contributed by atoms with E-state index in [2.05, 4.69) is 20.5 Å². The standard InChI is InChI=1S/C20H21F3N6O/c1-3-13-9-12(6-7-24-13)15-10-16-14(5-4-8-29(16)26-15)25-19(30)17-11-18(20(21,22)23)27-28(17)2/h6-7,9-11,14H,3-5,8H2,1-2H3,(H,25,30)/t14-/m1/s1. The van der Waals surface area contributed by atoms with E-state index in [0.717, 1.165) is 52.8 Å². The minimum Gasteiger partial charge on any atom is -0.342 e. The Balaban J connectivity index is 1.59. The fourth-order valence-corrected chi connectivity index (χ4v) is 3.65. The van der Waals surface area contributed by atoms with Gasteiger partial charge in [-0.1, -0.05) is 6.92 Å². The average molecular weight is 418 g/mol. The Bertz CT molecular complexity index is 1080. The monoisotopic (exact) mass is 418 g/mol. The summed E-state index contributed by atoms with van der Waals surface area (Å²) in [5, 5.41) is 10.9. The third-order valence-corrected chi connectivity index (χ3v) is 5.21. The van der Waals surface area contributed by atoms with E-state index >= 15 is 0 Å². The van der Waals surface area contributed by atoms with Crippen molar-refractivity contribution in [3.05, 3.63) is 53.2 Å². The number of hydrogen-bond acceptors (Lipinski definition) is 4. The molecular weight excluding hydrogens is 397 g/mol. The van der Waals surface area contributed by atoms with E-state index < -0.39 is 17.8 Å². The van der Waals surface area contributed by atoms with Gasteiger partial charge in [0, 0.05) is 37.1 Å². The van der Waals surface area contributed by atoms with Gasteiger partial charge >= 0.3 is 6.18 Å². The highest BCUT2D eigenvalue weighted by Gasteiger charge is 2.36. The highest BCUT2D eigenvalue weighted by atomic mass is 19.4. The van der Waals surface area contributed by atoms with Gasteiger partial charge < -0.3 is 5.32 Å².